The van der Waals surface area contributed by atoms with Gasteiger partial charge in [0.05, 0.1) is 12.5 Å². The fourth-order valence-corrected chi connectivity index (χ4v) is 4.16. The number of nitrogens with zero attached hydrogens (tertiary/aromatic N) is 1. The van der Waals surface area contributed by atoms with Crippen molar-refractivity contribution in [3.05, 3.63) is 69.7 Å². The van der Waals surface area contributed by atoms with E-state index in [0.717, 1.165) is 0 Å². The summed E-state index contributed by atoms with van der Waals surface area (Å²) >= 11 is 12.2. The second kappa shape index (κ2) is 9.68. The van der Waals surface area contributed by atoms with E-state index < -0.39 is 48.6 Å². The molecule has 1 aliphatic rings. The lowest BCUT2D eigenvalue weighted by molar-refractivity contribution is -0.187. The van der Waals surface area contributed by atoms with E-state index in [2.05, 4.69) is 0 Å². The third-order valence-corrected chi connectivity index (χ3v) is 5.67. The molecule has 0 radical (unpaired) electrons. The van der Waals surface area contributed by atoms with Crippen LogP contribution in [0.3, 0.4) is 0 Å². The predicted octanol–water partition coefficient (Wildman–Crippen LogP) is 4.34. The van der Waals surface area contributed by atoms with Crippen molar-refractivity contribution >= 4 is 41.0 Å². The molecule has 0 bridgehead atoms. The smallest absolute Gasteiger partial charge is 0.326 e. The molecule has 2 N–H and O–H groups in total. The number of aliphatic carboxylic acids is 2. The number of benzene rings is 2. The standard InChI is InChI=1S/C22H21Cl2NO6/c1-2-16(22(29)30)25-19(12-6-8-14(23)9-7-12)20(13-4-3-5-15(24)10-13)31-17(21(25)28)11-18(26)27/h3-10,16-17,19-20H,2,11H2,1H3,(H,26,27)(H,29,30)/t16-,17-,19+,20-/m0/s1. The Bertz CT molecular complexity index is 980. The van der Waals surface area contributed by atoms with Crippen molar-refractivity contribution in [3.8, 4) is 0 Å². The van der Waals surface area contributed by atoms with Crippen molar-refractivity contribution in [1.29, 1.82) is 0 Å². The normalized spacial score (nSPS) is 22.2. The molecule has 31 heavy (non-hydrogen) atoms. The van der Waals surface area contributed by atoms with E-state index in [1.54, 1.807) is 55.5 Å². The third kappa shape index (κ3) is 5.01. The Morgan fingerprint density at radius 2 is 1.74 bits per heavy atom. The Morgan fingerprint density at radius 1 is 1.06 bits per heavy atom. The fraction of sp³-hybridized carbons (Fsp3) is 0.318. The highest BCUT2D eigenvalue weighted by Crippen LogP contribution is 2.44. The fourth-order valence-electron chi connectivity index (χ4n) is 3.83. The number of carboxylic acid groups (broad SMARTS) is 2. The van der Waals surface area contributed by atoms with Crippen LogP contribution in [0.15, 0.2) is 48.5 Å². The molecular formula is C22H21Cl2NO6. The van der Waals surface area contributed by atoms with E-state index in [-0.39, 0.29) is 6.42 Å². The van der Waals surface area contributed by atoms with E-state index in [1.165, 1.54) is 4.90 Å². The van der Waals surface area contributed by atoms with Crippen molar-refractivity contribution < 1.29 is 29.3 Å². The van der Waals surface area contributed by atoms with Crippen molar-refractivity contribution in [2.24, 2.45) is 0 Å². The molecule has 3 rings (SSSR count). The minimum Gasteiger partial charge on any atom is -0.481 e. The molecule has 1 aliphatic heterocycles. The summed E-state index contributed by atoms with van der Waals surface area (Å²) in [6.07, 6.45) is -2.63. The van der Waals surface area contributed by atoms with E-state index in [9.17, 15) is 24.6 Å². The minimum atomic E-state index is -1.33. The van der Waals surface area contributed by atoms with Gasteiger partial charge in [0, 0.05) is 10.0 Å². The van der Waals surface area contributed by atoms with Gasteiger partial charge >= 0.3 is 11.9 Å². The van der Waals surface area contributed by atoms with Crippen LogP contribution in [0.25, 0.3) is 0 Å². The summed E-state index contributed by atoms with van der Waals surface area (Å²) in [4.78, 5) is 37.9. The molecule has 0 aliphatic carbocycles. The van der Waals surface area contributed by atoms with Gasteiger partial charge in [-0.3, -0.25) is 9.59 Å². The number of amides is 1. The quantitative estimate of drug-likeness (QED) is 0.629. The van der Waals surface area contributed by atoms with Crippen LogP contribution in [0.2, 0.25) is 10.0 Å². The summed E-state index contributed by atoms with van der Waals surface area (Å²) in [5, 5.41) is 20.0. The van der Waals surface area contributed by atoms with Crippen LogP contribution >= 0.6 is 23.2 Å². The van der Waals surface area contributed by atoms with E-state index in [0.29, 0.717) is 21.2 Å². The lowest BCUT2D eigenvalue weighted by Crippen LogP contribution is -2.57. The molecule has 2 aromatic rings. The molecule has 0 unspecified atom stereocenters. The van der Waals surface area contributed by atoms with Crippen LogP contribution in [0, 0.1) is 0 Å². The first kappa shape index (κ1) is 23.1. The Hall–Kier alpha value is -2.61. The average molecular weight is 466 g/mol. The molecular weight excluding hydrogens is 445 g/mol. The largest absolute Gasteiger partial charge is 0.481 e. The summed E-state index contributed by atoms with van der Waals surface area (Å²) in [6.45, 7) is 1.65. The Balaban J connectivity index is 2.20. The van der Waals surface area contributed by atoms with Crippen LogP contribution in [-0.2, 0) is 19.1 Å². The summed E-state index contributed by atoms with van der Waals surface area (Å²) in [5.41, 5.74) is 1.21. The second-order valence-electron chi connectivity index (χ2n) is 7.20. The highest BCUT2D eigenvalue weighted by Gasteiger charge is 2.48. The highest BCUT2D eigenvalue weighted by atomic mass is 35.5. The van der Waals surface area contributed by atoms with Gasteiger partial charge in [-0.1, -0.05) is 54.4 Å². The molecule has 1 fully saturated rings. The Kier molecular flexibility index (Phi) is 7.20. The number of rotatable bonds is 7. The van der Waals surface area contributed by atoms with Gasteiger partial charge in [0.1, 0.15) is 18.2 Å². The van der Waals surface area contributed by atoms with Crippen molar-refractivity contribution in [2.45, 2.75) is 44.1 Å². The number of carboxylic acids is 2. The molecule has 1 amide bonds. The molecule has 7 nitrogen and oxygen atoms in total. The van der Waals surface area contributed by atoms with Crippen LogP contribution in [-0.4, -0.2) is 45.1 Å². The molecule has 1 heterocycles. The van der Waals surface area contributed by atoms with Crippen LogP contribution < -0.4 is 0 Å². The van der Waals surface area contributed by atoms with Gasteiger partial charge in [0.15, 0.2) is 0 Å². The maximum absolute atomic E-state index is 13.3. The number of carbonyl (C=O) groups excluding carboxylic acids is 1. The first-order valence-electron chi connectivity index (χ1n) is 9.66. The van der Waals surface area contributed by atoms with Crippen LogP contribution in [0.1, 0.15) is 43.0 Å². The zero-order valence-electron chi connectivity index (χ0n) is 16.6. The lowest BCUT2D eigenvalue weighted by atomic mass is 9.89. The Morgan fingerprint density at radius 3 is 2.29 bits per heavy atom. The van der Waals surface area contributed by atoms with Crippen molar-refractivity contribution in [1.82, 2.24) is 4.90 Å². The minimum absolute atomic E-state index is 0.132. The first-order valence-corrected chi connectivity index (χ1v) is 10.4. The molecule has 0 aromatic heterocycles. The van der Waals surface area contributed by atoms with Gasteiger partial charge in [-0.25, -0.2) is 4.79 Å². The monoisotopic (exact) mass is 465 g/mol. The summed E-state index contributed by atoms with van der Waals surface area (Å²) in [5.74, 6) is -3.10. The number of halogens is 2. The molecule has 4 atom stereocenters. The van der Waals surface area contributed by atoms with Gasteiger partial charge < -0.3 is 19.8 Å². The predicted molar refractivity (Wildman–Crippen MR) is 114 cm³/mol. The molecule has 9 heteroatoms. The number of hydrogen-bond acceptors (Lipinski definition) is 4. The van der Waals surface area contributed by atoms with Gasteiger partial charge in [-0.15, -0.1) is 0 Å². The molecule has 164 valence electrons. The average Bonchev–Trinajstić information content (AvgIpc) is 2.71. The number of hydrogen-bond donors (Lipinski definition) is 2. The maximum Gasteiger partial charge on any atom is 0.326 e. The van der Waals surface area contributed by atoms with E-state index in [4.69, 9.17) is 27.9 Å². The van der Waals surface area contributed by atoms with E-state index >= 15 is 0 Å². The molecule has 0 saturated carbocycles. The molecule has 1 saturated heterocycles. The zero-order chi connectivity index (χ0) is 22.7. The summed E-state index contributed by atoms with van der Waals surface area (Å²) in [7, 11) is 0. The topological polar surface area (TPSA) is 104 Å². The lowest BCUT2D eigenvalue weighted by Gasteiger charge is -2.46. The maximum atomic E-state index is 13.3. The zero-order valence-corrected chi connectivity index (χ0v) is 18.1. The van der Waals surface area contributed by atoms with Crippen molar-refractivity contribution in [3.63, 3.8) is 0 Å². The number of morpholine rings is 1. The highest BCUT2D eigenvalue weighted by molar-refractivity contribution is 6.30. The van der Waals surface area contributed by atoms with Crippen LogP contribution in [0.5, 0.6) is 0 Å². The molecule has 0 spiro atoms. The second-order valence-corrected chi connectivity index (χ2v) is 8.08. The third-order valence-electron chi connectivity index (χ3n) is 5.18. The van der Waals surface area contributed by atoms with Gasteiger partial charge in [0.25, 0.3) is 5.91 Å². The summed E-state index contributed by atoms with van der Waals surface area (Å²) < 4.78 is 6.00. The van der Waals surface area contributed by atoms with Crippen LogP contribution in [0.4, 0.5) is 0 Å². The van der Waals surface area contributed by atoms with Crippen molar-refractivity contribution in [2.75, 3.05) is 0 Å². The van der Waals surface area contributed by atoms with Gasteiger partial charge in [-0.2, -0.15) is 0 Å². The first-order chi connectivity index (χ1) is 14.7. The summed E-state index contributed by atoms with van der Waals surface area (Å²) in [6, 6.07) is 11.5. The van der Waals surface area contributed by atoms with E-state index in [1.807, 2.05) is 0 Å². The SMILES string of the molecule is CC[C@@H](C(=O)O)N1C(=O)[C@H](CC(=O)O)O[C@@H](c2cccc(Cl)c2)[C@H]1c1ccc(Cl)cc1. The van der Waals surface area contributed by atoms with Gasteiger partial charge in [0.2, 0.25) is 0 Å². The molecule has 2 aromatic carbocycles. The number of ether oxygens (including phenoxy) is 1. The van der Waals surface area contributed by atoms with Gasteiger partial charge in [-0.05, 0) is 41.8 Å². The number of carbonyl (C=O) groups is 3. The Labute approximate surface area is 189 Å².